The van der Waals surface area contributed by atoms with Crippen LogP contribution in [0.5, 0.6) is 5.75 Å². The Kier molecular flexibility index (Phi) is 6.23. The number of hydrogen-bond acceptors (Lipinski definition) is 5. The predicted molar refractivity (Wildman–Crippen MR) is 109 cm³/mol. The molecule has 0 atom stereocenters. The number of aromatic nitrogens is 2. The van der Waals surface area contributed by atoms with Gasteiger partial charge in [0.25, 0.3) is 11.5 Å². The number of ether oxygens (including phenoxy) is 2. The zero-order valence-electron chi connectivity index (χ0n) is 15.7. The maximum atomic E-state index is 12.6. The molecule has 28 heavy (non-hydrogen) atoms. The van der Waals surface area contributed by atoms with Gasteiger partial charge < -0.3 is 19.8 Å². The van der Waals surface area contributed by atoms with Gasteiger partial charge in [-0.25, -0.2) is 0 Å². The topological polar surface area (TPSA) is 85.3 Å². The molecular weight excluding hydrogens is 378 g/mol. The number of nitrogens with zero attached hydrogens (tertiary/aromatic N) is 1. The number of amides is 1. The van der Waals surface area contributed by atoms with E-state index in [1.54, 1.807) is 32.4 Å². The molecule has 146 valence electrons. The SMILES string of the molecule is COCCn1c(=S)[nH]c2cc(C(=O)NCc3ccccc3OC)ccc2c1=O. The third-order valence-corrected chi connectivity index (χ3v) is 4.72. The second-order valence-electron chi connectivity index (χ2n) is 6.13. The molecule has 0 aliphatic rings. The Morgan fingerprint density at radius 1 is 1.21 bits per heavy atom. The Bertz CT molecular complexity index is 1120. The van der Waals surface area contributed by atoms with Crippen LogP contribution in [0.3, 0.4) is 0 Å². The number of carbonyl (C=O) groups is 1. The minimum atomic E-state index is -0.254. The molecule has 0 aliphatic carbocycles. The molecule has 3 aromatic rings. The van der Waals surface area contributed by atoms with Crippen LogP contribution in [0.4, 0.5) is 0 Å². The molecule has 0 spiro atoms. The van der Waals surface area contributed by atoms with Crippen LogP contribution in [0.1, 0.15) is 15.9 Å². The van der Waals surface area contributed by atoms with Gasteiger partial charge >= 0.3 is 0 Å². The van der Waals surface area contributed by atoms with Gasteiger partial charge in [0.05, 0.1) is 31.2 Å². The summed E-state index contributed by atoms with van der Waals surface area (Å²) in [5.74, 6) is 0.456. The number of fused-ring (bicyclic) bond motifs is 1. The maximum Gasteiger partial charge on any atom is 0.262 e. The summed E-state index contributed by atoms with van der Waals surface area (Å²) in [5, 5.41) is 3.33. The van der Waals surface area contributed by atoms with Crippen LogP contribution in [0, 0.1) is 4.77 Å². The molecule has 1 heterocycles. The first-order valence-corrected chi connectivity index (χ1v) is 9.12. The van der Waals surface area contributed by atoms with E-state index in [0.717, 1.165) is 5.56 Å². The number of benzene rings is 2. The highest BCUT2D eigenvalue weighted by Crippen LogP contribution is 2.17. The Labute approximate surface area is 166 Å². The van der Waals surface area contributed by atoms with Gasteiger partial charge in [0.15, 0.2) is 4.77 Å². The average molecular weight is 399 g/mol. The molecule has 3 rings (SSSR count). The van der Waals surface area contributed by atoms with Gasteiger partial charge in [-0.3, -0.25) is 14.2 Å². The summed E-state index contributed by atoms with van der Waals surface area (Å²) in [5.41, 5.74) is 1.62. The quantitative estimate of drug-likeness (QED) is 0.597. The third-order valence-electron chi connectivity index (χ3n) is 4.40. The highest BCUT2D eigenvalue weighted by atomic mass is 32.1. The van der Waals surface area contributed by atoms with E-state index >= 15 is 0 Å². The van der Waals surface area contributed by atoms with Gasteiger partial charge in [-0.05, 0) is 36.5 Å². The van der Waals surface area contributed by atoms with Crippen LogP contribution >= 0.6 is 12.2 Å². The Morgan fingerprint density at radius 3 is 2.75 bits per heavy atom. The lowest BCUT2D eigenvalue weighted by Gasteiger charge is -2.11. The minimum absolute atomic E-state index is 0.211. The van der Waals surface area contributed by atoms with Crippen molar-refractivity contribution in [1.29, 1.82) is 0 Å². The second kappa shape index (κ2) is 8.81. The predicted octanol–water partition coefficient (Wildman–Crippen LogP) is 2.64. The summed E-state index contributed by atoms with van der Waals surface area (Å²) < 4.78 is 12.0. The number of hydrogen-bond donors (Lipinski definition) is 2. The van der Waals surface area contributed by atoms with E-state index in [-0.39, 0.29) is 11.5 Å². The Hall–Kier alpha value is -2.97. The number of H-pyrrole nitrogens is 1. The number of aromatic amines is 1. The normalized spacial score (nSPS) is 10.8. The molecule has 0 saturated carbocycles. The van der Waals surface area contributed by atoms with Crippen LogP contribution < -0.4 is 15.6 Å². The summed E-state index contributed by atoms with van der Waals surface area (Å²) >= 11 is 5.27. The van der Waals surface area contributed by atoms with Gasteiger partial charge in [0, 0.05) is 24.8 Å². The minimum Gasteiger partial charge on any atom is -0.496 e. The van der Waals surface area contributed by atoms with Crippen molar-refractivity contribution < 1.29 is 14.3 Å². The number of rotatable bonds is 7. The molecule has 0 saturated heterocycles. The van der Waals surface area contributed by atoms with Crippen molar-refractivity contribution in [3.05, 3.63) is 68.7 Å². The zero-order chi connectivity index (χ0) is 20.1. The van der Waals surface area contributed by atoms with Crippen LogP contribution in [0.2, 0.25) is 0 Å². The molecule has 1 amide bonds. The second-order valence-corrected chi connectivity index (χ2v) is 6.52. The molecule has 0 fully saturated rings. The van der Waals surface area contributed by atoms with E-state index in [1.165, 1.54) is 4.57 Å². The van der Waals surface area contributed by atoms with E-state index in [0.29, 0.717) is 46.7 Å². The van der Waals surface area contributed by atoms with Crippen molar-refractivity contribution in [2.45, 2.75) is 13.1 Å². The number of carbonyl (C=O) groups excluding carboxylic acids is 1. The zero-order valence-corrected chi connectivity index (χ0v) is 16.5. The van der Waals surface area contributed by atoms with Gasteiger partial charge in [-0.15, -0.1) is 0 Å². The maximum absolute atomic E-state index is 12.6. The lowest BCUT2D eigenvalue weighted by atomic mass is 10.1. The molecule has 7 nitrogen and oxygen atoms in total. The van der Waals surface area contributed by atoms with Gasteiger partial charge in [0.1, 0.15) is 5.75 Å². The van der Waals surface area contributed by atoms with Gasteiger partial charge in [-0.1, -0.05) is 18.2 Å². The molecule has 1 aromatic heterocycles. The summed E-state index contributed by atoms with van der Waals surface area (Å²) in [6, 6.07) is 12.4. The largest absolute Gasteiger partial charge is 0.496 e. The van der Waals surface area contributed by atoms with Crippen LogP contribution in [0.15, 0.2) is 47.3 Å². The average Bonchev–Trinajstić information content (AvgIpc) is 2.71. The molecular formula is C20H21N3O4S. The Balaban J connectivity index is 1.84. The first-order chi connectivity index (χ1) is 13.5. The van der Waals surface area contributed by atoms with E-state index in [1.807, 2.05) is 24.3 Å². The van der Waals surface area contributed by atoms with E-state index in [4.69, 9.17) is 21.7 Å². The van der Waals surface area contributed by atoms with Crippen molar-refractivity contribution in [3.63, 3.8) is 0 Å². The van der Waals surface area contributed by atoms with Gasteiger partial charge in [-0.2, -0.15) is 0 Å². The monoisotopic (exact) mass is 399 g/mol. The fraction of sp³-hybridized carbons (Fsp3) is 0.250. The standard InChI is InChI=1S/C20H21N3O4S/c1-26-10-9-23-19(25)15-8-7-13(11-16(15)22-20(23)28)18(24)21-12-14-5-3-4-6-17(14)27-2/h3-8,11H,9-10,12H2,1-2H3,(H,21,24)(H,22,28). The molecule has 0 unspecified atom stereocenters. The van der Waals surface area contributed by atoms with Crippen molar-refractivity contribution in [2.24, 2.45) is 0 Å². The summed E-state index contributed by atoms with van der Waals surface area (Å²) in [7, 11) is 3.15. The summed E-state index contributed by atoms with van der Waals surface area (Å²) in [4.78, 5) is 28.2. The fourth-order valence-corrected chi connectivity index (χ4v) is 3.19. The van der Waals surface area contributed by atoms with E-state index in [2.05, 4.69) is 10.3 Å². The molecule has 2 aromatic carbocycles. The molecule has 8 heteroatoms. The fourth-order valence-electron chi connectivity index (χ4n) is 2.91. The third kappa shape index (κ3) is 4.13. The molecule has 0 bridgehead atoms. The molecule has 0 radical (unpaired) electrons. The van der Waals surface area contributed by atoms with Crippen molar-refractivity contribution in [2.75, 3.05) is 20.8 Å². The molecule has 0 aliphatic heterocycles. The summed E-state index contributed by atoms with van der Waals surface area (Å²) in [6.07, 6.45) is 0. The number of para-hydroxylation sites is 1. The summed E-state index contributed by atoms with van der Waals surface area (Å²) in [6.45, 7) is 1.07. The Morgan fingerprint density at radius 2 is 2.00 bits per heavy atom. The highest BCUT2D eigenvalue weighted by Gasteiger charge is 2.11. The first kappa shape index (κ1) is 19.8. The smallest absolute Gasteiger partial charge is 0.262 e. The van der Waals surface area contributed by atoms with Gasteiger partial charge in [0.2, 0.25) is 0 Å². The van der Waals surface area contributed by atoms with Crippen LogP contribution in [0.25, 0.3) is 10.9 Å². The first-order valence-electron chi connectivity index (χ1n) is 8.71. The van der Waals surface area contributed by atoms with Crippen LogP contribution in [-0.2, 0) is 17.8 Å². The lowest BCUT2D eigenvalue weighted by Crippen LogP contribution is -2.25. The molecule has 2 N–H and O–H groups in total. The van der Waals surface area contributed by atoms with E-state index < -0.39 is 0 Å². The highest BCUT2D eigenvalue weighted by molar-refractivity contribution is 7.71. The van der Waals surface area contributed by atoms with E-state index in [9.17, 15) is 9.59 Å². The number of nitrogens with one attached hydrogen (secondary N) is 2. The van der Waals surface area contributed by atoms with Crippen LogP contribution in [-0.4, -0.2) is 36.3 Å². The number of methoxy groups -OCH3 is 2. The van der Waals surface area contributed by atoms with Crippen molar-refractivity contribution in [1.82, 2.24) is 14.9 Å². The lowest BCUT2D eigenvalue weighted by molar-refractivity contribution is 0.0951. The van der Waals surface area contributed by atoms with Crippen molar-refractivity contribution >= 4 is 29.0 Å². The van der Waals surface area contributed by atoms with Crippen molar-refractivity contribution in [3.8, 4) is 5.75 Å².